The van der Waals surface area contributed by atoms with Gasteiger partial charge in [0.2, 0.25) is 17.7 Å². The van der Waals surface area contributed by atoms with Crippen molar-refractivity contribution in [1.82, 2.24) is 25.5 Å². The lowest BCUT2D eigenvalue weighted by Crippen LogP contribution is -2.53. The summed E-state index contributed by atoms with van der Waals surface area (Å²) in [6, 6.07) is 13.5. The normalized spacial score (nSPS) is 21.9. The number of anilines is 2. The molecular formula is C27H26N6O4S. The number of hydrogen-bond acceptors (Lipinski definition) is 7. The molecule has 0 aliphatic carbocycles. The molecule has 2 aromatic heterocycles. The van der Waals surface area contributed by atoms with Crippen LogP contribution in [0.2, 0.25) is 0 Å². The molecule has 1 saturated heterocycles. The highest BCUT2D eigenvalue weighted by atomic mass is 32.2. The first-order valence-corrected chi connectivity index (χ1v) is 13.4. The van der Waals surface area contributed by atoms with Crippen LogP contribution in [0, 0.1) is 0 Å². The summed E-state index contributed by atoms with van der Waals surface area (Å²) in [6.07, 6.45) is 4.97. The Kier molecular flexibility index (Phi) is 6.36. The predicted octanol–water partition coefficient (Wildman–Crippen LogP) is 3.77. The van der Waals surface area contributed by atoms with Gasteiger partial charge in [0.25, 0.3) is 0 Å². The van der Waals surface area contributed by atoms with Crippen molar-refractivity contribution in [1.29, 1.82) is 0 Å². The number of aromatic nitrogens is 2. The molecule has 1 aromatic carbocycles. The quantitative estimate of drug-likeness (QED) is 0.516. The maximum atomic E-state index is 13.4. The van der Waals surface area contributed by atoms with Crippen LogP contribution in [0.15, 0.2) is 66.0 Å². The van der Waals surface area contributed by atoms with Gasteiger partial charge in [-0.15, -0.1) is 0 Å². The molecule has 4 amide bonds. The average molecular weight is 531 g/mol. The minimum atomic E-state index is -0.549. The Morgan fingerprint density at radius 1 is 1.11 bits per heavy atom. The van der Waals surface area contributed by atoms with E-state index in [-0.39, 0.29) is 23.9 Å². The third kappa shape index (κ3) is 4.53. The van der Waals surface area contributed by atoms with E-state index in [0.29, 0.717) is 36.1 Å². The van der Waals surface area contributed by atoms with Gasteiger partial charge in [0.15, 0.2) is 0 Å². The highest BCUT2D eigenvalue weighted by Gasteiger charge is 2.47. The van der Waals surface area contributed by atoms with Crippen LogP contribution in [0.4, 0.5) is 16.2 Å². The molecule has 6 rings (SSSR count). The summed E-state index contributed by atoms with van der Waals surface area (Å²) in [6.45, 7) is 2.76. The van der Waals surface area contributed by atoms with Crippen molar-refractivity contribution in [2.24, 2.45) is 0 Å². The van der Waals surface area contributed by atoms with Crippen LogP contribution >= 0.6 is 11.8 Å². The second-order valence-electron chi connectivity index (χ2n) is 9.43. The molecule has 2 N–H and O–H groups in total. The van der Waals surface area contributed by atoms with Gasteiger partial charge in [-0.1, -0.05) is 17.8 Å². The van der Waals surface area contributed by atoms with Gasteiger partial charge in [-0.2, -0.15) is 0 Å². The van der Waals surface area contributed by atoms with Crippen molar-refractivity contribution in [2.45, 2.75) is 42.1 Å². The van der Waals surface area contributed by atoms with Crippen molar-refractivity contribution in [3.05, 3.63) is 66.5 Å². The molecule has 194 valence electrons. The van der Waals surface area contributed by atoms with E-state index in [2.05, 4.69) is 20.6 Å². The first kappa shape index (κ1) is 24.2. The van der Waals surface area contributed by atoms with Gasteiger partial charge in [0, 0.05) is 50.1 Å². The fourth-order valence-electron chi connectivity index (χ4n) is 5.14. The highest BCUT2D eigenvalue weighted by molar-refractivity contribution is 8.01. The molecule has 0 bridgehead atoms. The molecule has 0 saturated carbocycles. The first-order valence-electron chi connectivity index (χ1n) is 12.5. The monoisotopic (exact) mass is 530 g/mol. The molecule has 10 nitrogen and oxygen atoms in total. The molecule has 11 heteroatoms. The highest BCUT2D eigenvalue weighted by Crippen LogP contribution is 2.50. The number of likely N-dealkylation sites (tertiary alicyclic amines) is 1. The third-order valence-corrected chi connectivity index (χ3v) is 8.22. The lowest BCUT2D eigenvalue weighted by Gasteiger charge is -2.35. The largest absolute Gasteiger partial charge is 0.439 e. The molecule has 5 heterocycles. The van der Waals surface area contributed by atoms with Gasteiger partial charge in [-0.05, 0) is 49.2 Å². The molecule has 3 aromatic rings. The van der Waals surface area contributed by atoms with E-state index in [1.54, 1.807) is 65.5 Å². The van der Waals surface area contributed by atoms with Gasteiger partial charge >= 0.3 is 6.03 Å². The fourth-order valence-corrected chi connectivity index (χ4v) is 6.37. The molecule has 3 aliphatic rings. The van der Waals surface area contributed by atoms with Crippen molar-refractivity contribution in [3.8, 4) is 11.6 Å². The minimum Gasteiger partial charge on any atom is -0.439 e. The van der Waals surface area contributed by atoms with E-state index in [1.807, 2.05) is 12.1 Å². The van der Waals surface area contributed by atoms with Crippen LogP contribution in [0.1, 0.15) is 31.4 Å². The zero-order valence-corrected chi connectivity index (χ0v) is 21.5. The minimum absolute atomic E-state index is 0.0106. The summed E-state index contributed by atoms with van der Waals surface area (Å²) in [7, 11) is 0. The van der Waals surface area contributed by atoms with Crippen LogP contribution in [0.25, 0.3) is 0 Å². The number of nitrogens with zero attached hydrogens (tertiary/aromatic N) is 4. The number of pyridine rings is 2. The molecule has 3 aliphatic heterocycles. The summed E-state index contributed by atoms with van der Waals surface area (Å²) in [4.78, 5) is 50.6. The molecule has 2 unspecified atom stereocenters. The van der Waals surface area contributed by atoms with E-state index in [4.69, 9.17) is 4.74 Å². The summed E-state index contributed by atoms with van der Waals surface area (Å²) >= 11 is 1.36. The number of carbonyl (C=O) groups excluding carboxylic acids is 3. The number of urea groups is 1. The number of hydrogen-bond donors (Lipinski definition) is 2. The number of carbonyl (C=O) groups is 3. The molecule has 38 heavy (non-hydrogen) atoms. The Labute approximate surface area is 223 Å². The van der Waals surface area contributed by atoms with E-state index < -0.39 is 11.3 Å². The van der Waals surface area contributed by atoms with Crippen molar-refractivity contribution in [3.63, 3.8) is 0 Å². The molecular weight excluding hydrogens is 504 g/mol. The Hall–Kier alpha value is -4.12. The SMILES string of the molecule is CC(=O)N1CCCC(NC(=O)[C@@H]2Sc3nccc4c3C2NC(=O)N4c2ccc(Oc3ccccn3)cc2)C1. The van der Waals surface area contributed by atoms with E-state index in [9.17, 15) is 14.4 Å². The zero-order valence-electron chi connectivity index (χ0n) is 20.7. The molecule has 0 spiro atoms. The van der Waals surface area contributed by atoms with Crippen molar-refractivity contribution < 1.29 is 19.1 Å². The fraction of sp³-hybridized carbons (Fsp3) is 0.296. The van der Waals surface area contributed by atoms with E-state index in [1.165, 1.54) is 11.8 Å². The summed E-state index contributed by atoms with van der Waals surface area (Å²) < 4.78 is 5.78. The number of ether oxygens (including phenoxy) is 1. The lowest BCUT2D eigenvalue weighted by molar-refractivity contribution is -0.131. The summed E-state index contributed by atoms with van der Waals surface area (Å²) in [5, 5.41) is 6.31. The average Bonchev–Trinajstić information content (AvgIpc) is 3.30. The first-order chi connectivity index (χ1) is 18.5. The Balaban J connectivity index is 1.21. The van der Waals surface area contributed by atoms with Gasteiger partial charge < -0.3 is 20.3 Å². The second kappa shape index (κ2) is 9.97. The van der Waals surface area contributed by atoms with Gasteiger partial charge in [-0.25, -0.2) is 14.8 Å². The standard InChI is InChI=1S/C27H26N6O4S/c1-16(34)32-14-4-5-17(15-32)30-25(35)24-23-22-20(11-13-29-26(22)38-24)33(27(36)31-23)18-7-9-19(10-8-18)37-21-6-2-3-12-28-21/h2-3,6-13,17,23-24H,4-5,14-15H2,1H3,(H,30,35)(H,31,36)/t17?,23?,24-/m1/s1. The van der Waals surface area contributed by atoms with Crippen molar-refractivity contribution in [2.75, 3.05) is 18.0 Å². The van der Waals surface area contributed by atoms with Crippen LogP contribution in [0.3, 0.4) is 0 Å². The topological polar surface area (TPSA) is 117 Å². The smallest absolute Gasteiger partial charge is 0.327 e. The summed E-state index contributed by atoms with van der Waals surface area (Å²) in [5.41, 5.74) is 2.19. The van der Waals surface area contributed by atoms with Gasteiger partial charge in [-0.3, -0.25) is 14.5 Å². The van der Waals surface area contributed by atoms with Gasteiger partial charge in [0.1, 0.15) is 16.0 Å². The van der Waals surface area contributed by atoms with Crippen molar-refractivity contribution >= 4 is 41.0 Å². The van der Waals surface area contributed by atoms with Crippen LogP contribution in [0.5, 0.6) is 11.6 Å². The Morgan fingerprint density at radius 2 is 1.95 bits per heavy atom. The third-order valence-electron chi connectivity index (χ3n) is 6.93. The van der Waals surface area contributed by atoms with Crippen LogP contribution < -0.4 is 20.3 Å². The van der Waals surface area contributed by atoms with Gasteiger partial charge in [0.05, 0.1) is 17.4 Å². The number of rotatable bonds is 5. The van der Waals surface area contributed by atoms with E-state index in [0.717, 1.165) is 23.4 Å². The zero-order chi connectivity index (χ0) is 26.2. The number of nitrogens with one attached hydrogen (secondary N) is 2. The summed E-state index contributed by atoms with van der Waals surface area (Å²) in [5.74, 6) is 0.927. The van der Waals surface area contributed by atoms with Crippen LogP contribution in [-0.4, -0.2) is 57.1 Å². The number of benzene rings is 1. The predicted molar refractivity (Wildman–Crippen MR) is 141 cm³/mol. The lowest BCUT2D eigenvalue weighted by atomic mass is 9.99. The molecule has 1 fully saturated rings. The molecule has 0 radical (unpaired) electrons. The van der Waals surface area contributed by atoms with Crippen LogP contribution in [-0.2, 0) is 9.59 Å². The number of piperidine rings is 1. The van der Waals surface area contributed by atoms with E-state index >= 15 is 0 Å². The Morgan fingerprint density at radius 3 is 2.71 bits per heavy atom. The maximum absolute atomic E-state index is 13.4. The Bertz CT molecular complexity index is 1390. The number of thioether (sulfide) groups is 1. The number of amides is 4. The second-order valence-corrected chi connectivity index (χ2v) is 10.6. The maximum Gasteiger partial charge on any atom is 0.327 e. The molecule has 3 atom stereocenters.